The van der Waals surface area contributed by atoms with Crippen molar-refractivity contribution in [3.8, 4) is 0 Å². The third-order valence-electron chi connectivity index (χ3n) is 2.19. The number of carbonyl (C=O) groups is 1. The van der Waals surface area contributed by atoms with Gasteiger partial charge in [0.2, 0.25) is 0 Å². The van der Waals surface area contributed by atoms with E-state index in [2.05, 4.69) is 25.9 Å². The van der Waals surface area contributed by atoms with Crippen LogP contribution in [0.4, 0.5) is 0 Å². The number of hydrogen-bond acceptors (Lipinski definition) is 2. The predicted octanol–water partition coefficient (Wildman–Crippen LogP) is 2.62. The molecule has 0 fully saturated rings. The molecule has 0 unspecified atom stereocenters. The summed E-state index contributed by atoms with van der Waals surface area (Å²) in [5.74, 6) is 0.476. The van der Waals surface area contributed by atoms with Crippen molar-refractivity contribution in [2.45, 2.75) is 46.6 Å². The first-order chi connectivity index (χ1) is 6.56. The van der Waals surface area contributed by atoms with Crippen molar-refractivity contribution in [3.05, 3.63) is 17.5 Å². The van der Waals surface area contributed by atoms with Gasteiger partial charge in [-0.3, -0.25) is 9.48 Å². The molecule has 78 valence electrons. The Morgan fingerprint density at radius 1 is 1.57 bits per heavy atom. The molecule has 1 aromatic heterocycles. The highest BCUT2D eigenvalue weighted by Gasteiger charge is 2.12. The van der Waals surface area contributed by atoms with Crippen LogP contribution in [-0.2, 0) is 6.54 Å². The van der Waals surface area contributed by atoms with Crippen LogP contribution >= 0.6 is 0 Å². The van der Waals surface area contributed by atoms with Gasteiger partial charge in [-0.1, -0.05) is 20.8 Å². The highest BCUT2D eigenvalue weighted by Crippen LogP contribution is 2.15. The van der Waals surface area contributed by atoms with Crippen LogP contribution in [0.15, 0.2) is 6.07 Å². The molecular weight excluding hydrogens is 176 g/mol. The second-order valence-electron chi connectivity index (χ2n) is 3.89. The Morgan fingerprint density at radius 2 is 2.21 bits per heavy atom. The number of nitrogens with zero attached hydrogens (tertiary/aromatic N) is 2. The number of hydrogen-bond donors (Lipinski definition) is 0. The second kappa shape index (κ2) is 4.40. The van der Waals surface area contributed by atoms with E-state index in [0.717, 1.165) is 24.4 Å². The average Bonchev–Trinajstić information content (AvgIpc) is 2.49. The lowest BCUT2D eigenvalue weighted by atomic mass is 10.1. The molecule has 0 aliphatic rings. The first-order valence-electron chi connectivity index (χ1n) is 5.15. The number of ketones is 1. The summed E-state index contributed by atoms with van der Waals surface area (Å²) in [7, 11) is 0. The second-order valence-corrected chi connectivity index (χ2v) is 3.89. The van der Waals surface area contributed by atoms with Crippen molar-refractivity contribution in [3.63, 3.8) is 0 Å². The molecule has 0 aromatic carbocycles. The molecule has 0 spiro atoms. The summed E-state index contributed by atoms with van der Waals surface area (Å²) < 4.78 is 1.82. The molecular formula is C11H18N2O. The molecule has 0 aliphatic heterocycles. The Morgan fingerprint density at radius 3 is 2.64 bits per heavy atom. The van der Waals surface area contributed by atoms with Gasteiger partial charge in [0.1, 0.15) is 5.69 Å². The number of rotatable bonds is 4. The van der Waals surface area contributed by atoms with E-state index < -0.39 is 0 Å². The summed E-state index contributed by atoms with van der Waals surface area (Å²) in [6.07, 6.45) is 0.999. The Kier molecular flexibility index (Phi) is 3.44. The van der Waals surface area contributed by atoms with Crippen molar-refractivity contribution in [1.82, 2.24) is 9.78 Å². The van der Waals surface area contributed by atoms with Crippen molar-refractivity contribution in [1.29, 1.82) is 0 Å². The van der Waals surface area contributed by atoms with Gasteiger partial charge >= 0.3 is 0 Å². The fraction of sp³-hybridized carbons (Fsp3) is 0.636. The van der Waals surface area contributed by atoms with E-state index >= 15 is 0 Å². The van der Waals surface area contributed by atoms with Gasteiger partial charge in [0.25, 0.3) is 0 Å². The molecule has 3 heteroatoms. The SMILES string of the molecule is CCCn1nc(C(C)C)cc1C(C)=O. The minimum atomic E-state index is 0.0952. The van der Waals surface area contributed by atoms with E-state index in [1.165, 1.54) is 0 Å². The molecule has 0 aliphatic carbocycles. The van der Waals surface area contributed by atoms with E-state index in [1.54, 1.807) is 6.92 Å². The van der Waals surface area contributed by atoms with Crippen molar-refractivity contribution in [2.24, 2.45) is 0 Å². The van der Waals surface area contributed by atoms with Crippen LogP contribution in [0.1, 0.15) is 56.2 Å². The third kappa shape index (κ3) is 2.22. The Hall–Kier alpha value is -1.12. The van der Waals surface area contributed by atoms with E-state index in [-0.39, 0.29) is 5.78 Å². The van der Waals surface area contributed by atoms with E-state index in [4.69, 9.17) is 0 Å². The summed E-state index contributed by atoms with van der Waals surface area (Å²) in [6, 6.07) is 1.91. The van der Waals surface area contributed by atoms with E-state index in [9.17, 15) is 4.79 Å². The van der Waals surface area contributed by atoms with Crippen LogP contribution in [0.2, 0.25) is 0 Å². The van der Waals surface area contributed by atoms with Gasteiger partial charge in [-0.15, -0.1) is 0 Å². The van der Waals surface area contributed by atoms with E-state index in [1.807, 2.05) is 10.7 Å². The van der Waals surface area contributed by atoms with Gasteiger partial charge in [-0.25, -0.2) is 0 Å². The number of aromatic nitrogens is 2. The zero-order chi connectivity index (χ0) is 10.7. The quantitative estimate of drug-likeness (QED) is 0.690. The minimum Gasteiger partial charge on any atom is -0.293 e. The smallest absolute Gasteiger partial charge is 0.177 e. The molecule has 0 N–H and O–H groups in total. The molecule has 3 nitrogen and oxygen atoms in total. The van der Waals surface area contributed by atoms with Crippen molar-refractivity contribution in [2.75, 3.05) is 0 Å². The average molecular weight is 194 g/mol. The van der Waals surface area contributed by atoms with E-state index in [0.29, 0.717) is 5.92 Å². The van der Waals surface area contributed by atoms with Gasteiger partial charge in [0.05, 0.1) is 5.69 Å². The van der Waals surface area contributed by atoms with Gasteiger partial charge in [0.15, 0.2) is 5.78 Å². The molecule has 0 saturated heterocycles. The first kappa shape index (κ1) is 11.0. The number of Topliss-reactive ketones (excluding diaryl/α,β-unsaturated/α-hetero) is 1. The van der Waals surface area contributed by atoms with Gasteiger partial charge < -0.3 is 0 Å². The Labute approximate surface area is 85.1 Å². The van der Waals surface area contributed by atoms with Crippen LogP contribution in [0.3, 0.4) is 0 Å². The summed E-state index contributed by atoms with van der Waals surface area (Å²) >= 11 is 0. The van der Waals surface area contributed by atoms with Crippen molar-refractivity contribution < 1.29 is 4.79 Å². The molecule has 1 heterocycles. The van der Waals surface area contributed by atoms with Gasteiger partial charge in [-0.2, -0.15) is 5.10 Å². The maximum Gasteiger partial charge on any atom is 0.177 e. The van der Waals surface area contributed by atoms with Crippen LogP contribution in [0.25, 0.3) is 0 Å². The largest absolute Gasteiger partial charge is 0.293 e. The molecule has 0 saturated carbocycles. The van der Waals surface area contributed by atoms with Crippen LogP contribution in [0.5, 0.6) is 0 Å². The summed E-state index contributed by atoms with van der Waals surface area (Å²) in [5.41, 5.74) is 1.74. The molecule has 0 bridgehead atoms. The van der Waals surface area contributed by atoms with Gasteiger partial charge in [-0.05, 0) is 18.4 Å². The molecule has 1 aromatic rings. The third-order valence-corrected chi connectivity index (χ3v) is 2.19. The first-order valence-corrected chi connectivity index (χ1v) is 5.15. The Bertz CT molecular complexity index is 326. The maximum atomic E-state index is 11.3. The molecule has 0 amide bonds. The summed E-state index contributed by atoms with van der Waals surface area (Å²) in [6.45, 7) is 8.67. The lowest BCUT2D eigenvalue weighted by Gasteiger charge is -2.01. The highest BCUT2D eigenvalue weighted by atomic mass is 16.1. The van der Waals surface area contributed by atoms with Crippen LogP contribution in [0, 0.1) is 0 Å². The maximum absolute atomic E-state index is 11.3. The topological polar surface area (TPSA) is 34.9 Å². The van der Waals surface area contributed by atoms with Crippen LogP contribution < -0.4 is 0 Å². The highest BCUT2D eigenvalue weighted by molar-refractivity contribution is 5.92. The number of carbonyl (C=O) groups excluding carboxylic acids is 1. The summed E-state index contributed by atoms with van der Waals surface area (Å²) in [4.78, 5) is 11.3. The summed E-state index contributed by atoms with van der Waals surface area (Å²) in [5, 5.41) is 4.42. The minimum absolute atomic E-state index is 0.0952. The zero-order valence-electron chi connectivity index (χ0n) is 9.37. The molecule has 1 rings (SSSR count). The van der Waals surface area contributed by atoms with Crippen LogP contribution in [-0.4, -0.2) is 15.6 Å². The monoisotopic (exact) mass is 194 g/mol. The lowest BCUT2D eigenvalue weighted by Crippen LogP contribution is -2.07. The normalized spacial score (nSPS) is 10.9. The fourth-order valence-electron chi connectivity index (χ4n) is 1.38. The zero-order valence-corrected chi connectivity index (χ0v) is 9.37. The lowest BCUT2D eigenvalue weighted by molar-refractivity contribution is 0.100. The predicted molar refractivity (Wildman–Crippen MR) is 56.6 cm³/mol. The van der Waals surface area contributed by atoms with Gasteiger partial charge in [0, 0.05) is 13.5 Å². The number of aryl methyl sites for hydroxylation is 1. The fourth-order valence-corrected chi connectivity index (χ4v) is 1.38. The molecule has 0 radical (unpaired) electrons. The molecule has 0 atom stereocenters. The standard InChI is InChI=1S/C11H18N2O/c1-5-6-13-11(9(4)14)7-10(12-13)8(2)3/h7-8H,5-6H2,1-4H3. The molecule has 14 heavy (non-hydrogen) atoms. The van der Waals surface area contributed by atoms with Crippen molar-refractivity contribution >= 4 is 5.78 Å². The Balaban J connectivity index is 3.05.